The summed E-state index contributed by atoms with van der Waals surface area (Å²) in [6.07, 6.45) is -0.589. The Labute approximate surface area is 204 Å². The van der Waals surface area contributed by atoms with Gasteiger partial charge in [-0.25, -0.2) is 4.79 Å². The molecule has 3 aromatic carbocycles. The van der Waals surface area contributed by atoms with Crippen molar-refractivity contribution in [2.24, 2.45) is 5.92 Å². The third-order valence-electron chi connectivity index (χ3n) is 6.31. The maximum atomic E-state index is 12.5. The van der Waals surface area contributed by atoms with Gasteiger partial charge in [-0.05, 0) is 56.4 Å². The fourth-order valence-corrected chi connectivity index (χ4v) is 4.96. The van der Waals surface area contributed by atoms with E-state index < -0.39 is 18.0 Å². The number of carboxylic acid groups (broad SMARTS) is 1. The van der Waals surface area contributed by atoms with Crippen molar-refractivity contribution in [3.05, 3.63) is 87.9 Å². The van der Waals surface area contributed by atoms with Crippen molar-refractivity contribution < 1.29 is 24.2 Å². The fraction of sp³-hybridized carbons (Fsp3) is 0.192. The summed E-state index contributed by atoms with van der Waals surface area (Å²) in [5.41, 5.74) is 5.47. The molecule has 2 amide bonds. The smallest absolute Gasteiger partial charge is 0.411 e. The summed E-state index contributed by atoms with van der Waals surface area (Å²) in [4.78, 5) is 37.5. The van der Waals surface area contributed by atoms with Gasteiger partial charge in [0.25, 0.3) is 5.91 Å². The molecule has 8 heteroatoms. The number of amides is 2. The number of rotatable bonds is 5. The van der Waals surface area contributed by atoms with Gasteiger partial charge in [-0.3, -0.25) is 14.9 Å². The van der Waals surface area contributed by atoms with E-state index >= 15 is 0 Å². The Morgan fingerprint density at radius 2 is 1.59 bits per heavy atom. The Bertz CT molecular complexity index is 1260. The molecule has 34 heavy (non-hydrogen) atoms. The third-order valence-corrected chi connectivity index (χ3v) is 6.97. The molecule has 0 spiro atoms. The fourth-order valence-electron chi connectivity index (χ4n) is 4.48. The average molecular weight is 521 g/mol. The number of ether oxygens (including phenoxy) is 1. The highest BCUT2D eigenvalue weighted by Crippen LogP contribution is 2.44. The summed E-state index contributed by atoms with van der Waals surface area (Å²) >= 11 is 3.39. The lowest BCUT2D eigenvalue weighted by atomic mass is 9.98. The molecular weight excluding hydrogens is 500 g/mol. The molecule has 7 nitrogen and oxygen atoms in total. The summed E-state index contributed by atoms with van der Waals surface area (Å²) in [6, 6.07) is 21.1. The number of anilines is 1. The maximum Gasteiger partial charge on any atom is 0.411 e. The zero-order valence-corrected chi connectivity index (χ0v) is 19.6. The molecule has 2 N–H and O–H groups in total. The average Bonchev–Trinajstić information content (AvgIpc) is 3.11. The first-order valence-corrected chi connectivity index (χ1v) is 11.7. The minimum atomic E-state index is -0.895. The van der Waals surface area contributed by atoms with Crippen molar-refractivity contribution in [2.45, 2.75) is 5.92 Å². The summed E-state index contributed by atoms with van der Waals surface area (Å²) in [7, 11) is 0. The van der Waals surface area contributed by atoms with Crippen LogP contribution in [0.25, 0.3) is 11.1 Å². The number of halogens is 1. The van der Waals surface area contributed by atoms with Gasteiger partial charge in [-0.2, -0.15) is 0 Å². The molecule has 2 aliphatic rings. The van der Waals surface area contributed by atoms with Crippen LogP contribution in [0.1, 0.15) is 27.4 Å². The highest BCUT2D eigenvalue weighted by atomic mass is 79.9. The highest BCUT2D eigenvalue weighted by molar-refractivity contribution is 9.10. The molecule has 1 fully saturated rings. The second-order valence-corrected chi connectivity index (χ2v) is 9.24. The minimum Gasteiger partial charge on any atom is -0.481 e. The second kappa shape index (κ2) is 8.95. The standard InChI is InChI=1S/C26H21BrN2O5/c27-22-11-15(24(30)29-12-16(13-29)25(31)32)9-10-23(22)28-26(33)34-14-21-19-7-3-1-5-17(19)18-6-2-4-8-20(18)21/h1-11,16,21H,12-14H2,(H,28,33)(H,31,32). The van der Waals surface area contributed by atoms with E-state index in [4.69, 9.17) is 9.84 Å². The largest absolute Gasteiger partial charge is 0.481 e. The molecule has 0 bridgehead atoms. The van der Waals surface area contributed by atoms with Crippen molar-refractivity contribution in [1.29, 1.82) is 0 Å². The lowest BCUT2D eigenvalue weighted by molar-refractivity contribution is -0.146. The van der Waals surface area contributed by atoms with Crippen LogP contribution in [0.3, 0.4) is 0 Å². The molecule has 172 valence electrons. The number of likely N-dealkylation sites (tertiary alicyclic amines) is 1. The van der Waals surface area contributed by atoms with Gasteiger partial charge < -0.3 is 14.7 Å². The van der Waals surface area contributed by atoms with Gasteiger partial charge in [0.2, 0.25) is 0 Å². The van der Waals surface area contributed by atoms with Crippen LogP contribution in [0.4, 0.5) is 10.5 Å². The van der Waals surface area contributed by atoms with Gasteiger partial charge >= 0.3 is 12.1 Å². The predicted octanol–water partition coefficient (Wildman–Crippen LogP) is 4.97. The normalized spacial score (nSPS) is 14.7. The first-order chi connectivity index (χ1) is 16.4. The number of hydrogen-bond acceptors (Lipinski definition) is 4. The van der Waals surface area contributed by atoms with Crippen molar-refractivity contribution >= 4 is 39.6 Å². The lowest BCUT2D eigenvalue weighted by Crippen LogP contribution is -2.53. The van der Waals surface area contributed by atoms with Crippen molar-refractivity contribution in [1.82, 2.24) is 4.90 Å². The van der Waals surface area contributed by atoms with Gasteiger partial charge in [-0.15, -0.1) is 0 Å². The van der Waals surface area contributed by atoms with E-state index in [-0.39, 0.29) is 31.5 Å². The van der Waals surface area contributed by atoms with Crippen LogP contribution in [0.15, 0.2) is 71.2 Å². The Morgan fingerprint density at radius 1 is 0.971 bits per heavy atom. The van der Waals surface area contributed by atoms with E-state index in [0.717, 1.165) is 22.3 Å². The number of benzene rings is 3. The predicted molar refractivity (Wildman–Crippen MR) is 130 cm³/mol. The summed E-state index contributed by atoms with van der Waals surface area (Å²) in [5.74, 6) is -1.69. The number of fused-ring (bicyclic) bond motifs is 3. The Balaban J connectivity index is 1.22. The third kappa shape index (κ3) is 4.05. The van der Waals surface area contributed by atoms with Crippen LogP contribution < -0.4 is 5.32 Å². The molecule has 5 rings (SSSR count). The van der Waals surface area contributed by atoms with Gasteiger partial charge in [0.1, 0.15) is 6.61 Å². The van der Waals surface area contributed by atoms with Crippen LogP contribution >= 0.6 is 15.9 Å². The monoisotopic (exact) mass is 520 g/mol. The van der Waals surface area contributed by atoms with Crippen LogP contribution in [0, 0.1) is 5.92 Å². The Kier molecular flexibility index (Phi) is 5.83. The minimum absolute atomic E-state index is 0.0345. The first-order valence-electron chi connectivity index (χ1n) is 10.9. The van der Waals surface area contributed by atoms with Crippen LogP contribution in [-0.4, -0.2) is 47.7 Å². The van der Waals surface area contributed by atoms with E-state index in [0.29, 0.717) is 15.7 Å². The second-order valence-electron chi connectivity index (χ2n) is 8.39. The first kappa shape index (κ1) is 22.2. The molecule has 0 saturated carbocycles. The van der Waals surface area contributed by atoms with Gasteiger partial charge in [0, 0.05) is 29.0 Å². The van der Waals surface area contributed by atoms with Gasteiger partial charge in [-0.1, -0.05) is 48.5 Å². The van der Waals surface area contributed by atoms with E-state index in [1.54, 1.807) is 18.2 Å². The van der Waals surface area contributed by atoms with Gasteiger partial charge in [0.15, 0.2) is 0 Å². The molecule has 0 radical (unpaired) electrons. The lowest BCUT2D eigenvalue weighted by Gasteiger charge is -2.36. The van der Waals surface area contributed by atoms with E-state index in [1.807, 2.05) is 24.3 Å². The number of nitrogens with one attached hydrogen (secondary N) is 1. The molecule has 0 atom stereocenters. The van der Waals surface area contributed by atoms with Crippen LogP contribution in [-0.2, 0) is 9.53 Å². The number of carbonyl (C=O) groups is 3. The summed E-state index contributed by atoms with van der Waals surface area (Å²) in [6.45, 7) is 0.602. The zero-order chi connectivity index (χ0) is 23.8. The van der Waals surface area contributed by atoms with Crippen LogP contribution in [0.5, 0.6) is 0 Å². The van der Waals surface area contributed by atoms with E-state index in [1.165, 1.54) is 4.90 Å². The van der Waals surface area contributed by atoms with Crippen molar-refractivity contribution in [2.75, 3.05) is 25.0 Å². The number of aliphatic carboxylic acids is 1. The van der Waals surface area contributed by atoms with Gasteiger partial charge in [0.05, 0.1) is 11.6 Å². The molecule has 3 aromatic rings. The molecule has 0 unspecified atom stereocenters. The number of nitrogens with zero attached hydrogens (tertiary/aromatic N) is 1. The molecule has 1 aliphatic carbocycles. The SMILES string of the molecule is O=C(Nc1ccc(C(=O)N2CC(C(=O)O)C2)cc1Br)OCC1c2ccccc2-c2ccccc21. The van der Waals surface area contributed by atoms with Crippen LogP contribution in [0.2, 0.25) is 0 Å². The number of hydrogen-bond donors (Lipinski definition) is 2. The quantitative estimate of drug-likeness (QED) is 0.495. The molecule has 1 aliphatic heterocycles. The highest BCUT2D eigenvalue weighted by Gasteiger charge is 2.36. The van der Waals surface area contributed by atoms with E-state index in [2.05, 4.69) is 45.5 Å². The number of carbonyl (C=O) groups excluding carboxylic acids is 2. The summed E-state index contributed by atoms with van der Waals surface area (Å²) < 4.78 is 6.10. The summed E-state index contributed by atoms with van der Waals surface area (Å²) in [5, 5.41) is 11.7. The van der Waals surface area contributed by atoms with Crippen molar-refractivity contribution in [3.63, 3.8) is 0 Å². The van der Waals surface area contributed by atoms with Crippen molar-refractivity contribution in [3.8, 4) is 11.1 Å². The van der Waals surface area contributed by atoms with E-state index in [9.17, 15) is 14.4 Å². The topological polar surface area (TPSA) is 95.9 Å². The molecule has 0 aromatic heterocycles. The zero-order valence-electron chi connectivity index (χ0n) is 18.0. The Hall–Kier alpha value is -3.65. The molecule has 1 saturated heterocycles. The molecular formula is C26H21BrN2O5. The number of carboxylic acids is 1. The Morgan fingerprint density at radius 3 is 2.18 bits per heavy atom. The maximum absolute atomic E-state index is 12.5. The molecule has 1 heterocycles.